The van der Waals surface area contributed by atoms with E-state index in [0.717, 1.165) is 18.2 Å². The minimum atomic E-state index is -0.706. The van der Waals surface area contributed by atoms with Crippen molar-refractivity contribution in [1.29, 1.82) is 5.26 Å². The molecule has 230 valence electrons. The van der Waals surface area contributed by atoms with Gasteiger partial charge in [-0.05, 0) is 67.9 Å². The fourth-order valence-corrected chi connectivity index (χ4v) is 4.80. The van der Waals surface area contributed by atoms with E-state index in [4.69, 9.17) is 19.5 Å². The molecule has 0 N–H and O–H groups in total. The van der Waals surface area contributed by atoms with Crippen molar-refractivity contribution in [2.45, 2.75) is 39.0 Å². The molecule has 0 unspecified atom stereocenters. The van der Waals surface area contributed by atoms with Gasteiger partial charge in [0.05, 0.1) is 53.2 Å². The third-order valence-corrected chi connectivity index (χ3v) is 7.38. The van der Waals surface area contributed by atoms with Crippen LogP contribution in [0.15, 0.2) is 66.7 Å². The molecule has 0 spiro atoms. The number of methoxy groups -OCH3 is 2. The summed E-state index contributed by atoms with van der Waals surface area (Å²) in [7, 11) is 2.87. The second-order valence-corrected chi connectivity index (χ2v) is 10.9. The van der Waals surface area contributed by atoms with Crippen LogP contribution in [0.1, 0.15) is 46.7 Å². The SMILES string of the molecule is COC(=O)c1ccc2nc(Cc3cc(F)c(-c4cccc(OCc5ccc(C#N)cc5F)n4)cc3F)n(CC(C)(C)OC)c2c1. The molecule has 2 heterocycles. The number of fused-ring (bicyclic) bond motifs is 1. The molecule has 5 aromatic rings. The summed E-state index contributed by atoms with van der Waals surface area (Å²) in [5.41, 5.74) is 1.40. The van der Waals surface area contributed by atoms with Crippen LogP contribution >= 0.6 is 0 Å². The number of halogens is 3. The van der Waals surface area contributed by atoms with E-state index in [1.807, 2.05) is 24.5 Å². The molecule has 5 rings (SSSR count). The number of nitriles is 1. The molecule has 0 saturated heterocycles. The minimum Gasteiger partial charge on any atom is -0.473 e. The van der Waals surface area contributed by atoms with Crippen LogP contribution in [0.25, 0.3) is 22.3 Å². The van der Waals surface area contributed by atoms with Gasteiger partial charge in [-0.25, -0.2) is 27.9 Å². The number of hydrogen-bond acceptors (Lipinski definition) is 7. The molecule has 0 amide bonds. The van der Waals surface area contributed by atoms with E-state index in [2.05, 4.69) is 9.97 Å². The van der Waals surface area contributed by atoms with Gasteiger partial charge in [0.25, 0.3) is 0 Å². The summed E-state index contributed by atoms with van der Waals surface area (Å²) in [6, 6.07) is 17.6. The first kappa shape index (κ1) is 31.2. The zero-order valence-corrected chi connectivity index (χ0v) is 25.0. The van der Waals surface area contributed by atoms with Crippen LogP contribution in [-0.4, -0.2) is 40.3 Å². The fourth-order valence-electron chi connectivity index (χ4n) is 4.80. The number of aromatic nitrogens is 3. The highest BCUT2D eigenvalue weighted by atomic mass is 19.1. The highest BCUT2D eigenvalue weighted by Gasteiger charge is 2.24. The van der Waals surface area contributed by atoms with Crippen molar-refractivity contribution in [2.75, 3.05) is 14.2 Å². The van der Waals surface area contributed by atoms with Gasteiger partial charge in [0.2, 0.25) is 5.88 Å². The quantitative estimate of drug-likeness (QED) is 0.160. The second-order valence-electron chi connectivity index (χ2n) is 10.9. The number of ether oxygens (including phenoxy) is 3. The van der Waals surface area contributed by atoms with E-state index in [0.29, 0.717) is 29.0 Å². The maximum atomic E-state index is 15.6. The zero-order valence-electron chi connectivity index (χ0n) is 25.0. The maximum absolute atomic E-state index is 15.6. The Balaban J connectivity index is 1.43. The first-order valence-corrected chi connectivity index (χ1v) is 13.9. The Hall–Kier alpha value is -5.21. The van der Waals surface area contributed by atoms with Crippen LogP contribution in [0.4, 0.5) is 13.2 Å². The number of benzene rings is 3. The smallest absolute Gasteiger partial charge is 0.337 e. The molecule has 2 aromatic heterocycles. The van der Waals surface area contributed by atoms with Gasteiger partial charge in [0.15, 0.2) is 0 Å². The summed E-state index contributed by atoms with van der Waals surface area (Å²) in [4.78, 5) is 21.1. The molecule has 0 fully saturated rings. The summed E-state index contributed by atoms with van der Waals surface area (Å²) in [6.07, 6.45) is -0.0438. The Kier molecular flexibility index (Phi) is 8.88. The van der Waals surface area contributed by atoms with Crippen molar-refractivity contribution in [3.05, 3.63) is 112 Å². The van der Waals surface area contributed by atoms with Gasteiger partial charge in [0, 0.05) is 30.7 Å². The number of rotatable bonds is 10. The normalized spacial score (nSPS) is 11.4. The van der Waals surface area contributed by atoms with Crippen LogP contribution in [0.5, 0.6) is 5.88 Å². The Bertz CT molecular complexity index is 1950. The third kappa shape index (κ3) is 6.81. The molecule has 0 atom stereocenters. The highest BCUT2D eigenvalue weighted by molar-refractivity contribution is 5.93. The van der Waals surface area contributed by atoms with Crippen molar-refractivity contribution >= 4 is 17.0 Å². The Morgan fingerprint density at radius 2 is 1.71 bits per heavy atom. The molecule has 0 aliphatic rings. The number of nitrogens with zero attached hydrogens (tertiary/aromatic N) is 4. The lowest BCUT2D eigenvalue weighted by Gasteiger charge is -2.25. The molecule has 0 aliphatic carbocycles. The standard InChI is InChI=1S/C34H29F3N4O4/c1-34(2,44-4)19-41-30-14-21(33(42)43-3)10-11-29(30)39-31(41)15-23-13-27(37)24(16-26(23)36)28-6-5-7-32(40-28)45-18-22-9-8-20(17-38)12-25(22)35/h5-14,16H,15,18-19H2,1-4H3. The monoisotopic (exact) mass is 614 g/mol. The molecule has 45 heavy (non-hydrogen) atoms. The maximum Gasteiger partial charge on any atom is 0.337 e. The molecule has 11 heteroatoms. The Morgan fingerprint density at radius 3 is 2.42 bits per heavy atom. The van der Waals surface area contributed by atoms with E-state index in [9.17, 15) is 9.18 Å². The summed E-state index contributed by atoms with van der Waals surface area (Å²) in [5, 5.41) is 8.92. The van der Waals surface area contributed by atoms with Gasteiger partial charge >= 0.3 is 5.97 Å². The molecule has 0 radical (unpaired) electrons. The third-order valence-electron chi connectivity index (χ3n) is 7.38. The number of esters is 1. The number of carbonyl (C=O) groups excluding carboxylic acids is 1. The average Bonchev–Trinajstić information content (AvgIpc) is 3.36. The zero-order chi connectivity index (χ0) is 32.3. The molecular formula is C34H29F3N4O4. The highest BCUT2D eigenvalue weighted by Crippen LogP contribution is 2.29. The van der Waals surface area contributed by atoms with Gasteiger partial charge < -0.3 is 18.8 Å². The van der Waals surface area contributed by atoms with E-state index >= 15 is 8.78 Å². The van der Waals surface area contributed by atoms with Crippen LogP contribution < -0.4 is 4.74 Å². The topological polar surface area (TPSA) is 99.3 Å². The number of carbonyl (C=O) groups is 1. The van der Waals surface area contributed by atoms with Crippen molar-refractivity contribution in [3.8, 4) is 23.2 Å². The molecular weight excluding hydrogens is 585 g/mol. The summed E-state index contributed by atoms with van der Waals surface area (Å²) >= 11 is 0. The second kappa shape index (κ2) is 12.8. The molecule has 3 aromatic carbocycles. The first-order valence-electron chi connectivity index (χ1n) is 13.9. The van der Waals surface area contributed by atoms with Crippen LogP contribution in [0, 0.1) is 28.8 Å². The van der Waals surface area contributed by atoms with E-state index < -0.39 is 29.0 Å². The Morgan fingerprint density at radius 1 is 0.933 bits per heavy atom. The minimum absolute atomic E-state index is 0.0438. The van der Waals surface area contributed by atoms with Crippen LogP contribution in [0.3, 0.4) is 0 Å². The number of imidazole rings is 1. The Labute approximate surface area is 257 Å². The molecule has 0 bridgehead atoms. The van der Waals surface area contributed by atoms with Gasteiger partial charge in [0.1, 0.15) is 29.9 Å². The predicted molar refractivity (Wildman–Crippen MR) is 160 cm³/mol. The summed E-state index contributed by atoms with van der Waals surface area (Å²) in [5.74, 6) is -1.95. The largest absolute Gasteiger partial charge is 0.473 e. The predicted octanol–water partition coefficient (Wildman–Crippen LogP) is 6.77. The van der Waals surface area contributed by atoms with Gasteiger partial charge in [-0.1, -0.05) is 12.1 Å². The summed E-state index contributed by atoms with van der Waals surface area (Å²) in [6.45, 7) is 3.91. The number of hydrogen-bond donors (Lipinski definition) is 0. The summed E-state index contributed by atoms with van der Waals surface area (Å²) < 4.78 is 63.2. The van der Waals surface area contributed by atoms with Crippen LogP contribution in [-0.2, 0) is 29.0 Å². The van der Waals surface area contributed by atoms with E-state index in [1.165, 1.54) is 31.4 Å². The average molecular weight is 615 g/mol. The number of pyridine rings is 1. The lowest BCUT2D eigenvalue weighted by atomic mass is 10.0. The van der Waals surface area contributed by atoms with Crippen molar-refractivity contribution in [3.63, 3.8) is 0 Å². The lowest BCUT2D eigenvalue weighted by Crippen LogP contribution is -2.30. The van der Waals surface area contributed by atoms with E-state index in [-0.39, 0.29) is 46.9 Å². The van der Waals surface area contributed by atoms with Gasteiger partial charge in [-0.15, -0.1) is 0 Å². The van der Waals surface area contributed by atoms with Gasteiger partial charge in [-0.2, -0.15) is 5.26 Å². The van der Waals surface area contributed by atoms with Crippen molar-refractivity contribution < 1.29 is 32.2 Å². The van der Waals surface area contributed by atoms with Crippen molar-refractivity contribution in [2.24, 2.45) is 0 Å². The van der Waals surface area contributed by atoms with Crippen LogP contribution in [0.2, 0.25) is 0 Å². The van der Waals surface area contributed by atoms with Crippen molar-refractivity contribution in [1.82, 2.24) is 14.5 Å². The van der Waals surface area contributed by atoms with E-state index in [1.54, 1.807) is 31.4 Å². The lowest BCUT2D eigenvalue weighted by molar-refractivity contribution is 0.00848. The molecule has 0 aliphatic heterocycles. The first-order chi connectivity index (χ1) is 21.5. The fraction of sp³-hybridized carbons (Fsp3) is 0.235. The molecule has 8 nitrogen and oxygen atoms in total. The molecule has 0 saturated carbocycles. The van der Waals surface area contributed by atoms with Gasteiger partial charge in [-0.3, -0.25) is 0 Å².